The van der Waals surface area contributed by atoms with Gasteiger partial charge in [-0.25, -0.2) is 0 Å². The monoisotopic (exact) mass is 441 g/mol. The van der Waals surface area contributed by atoms with Gasteiger partial charge in [0.25, 0.3) is 5.91 Å². The van der Waals surface area contributed by atoms with Gasteiger partial charge in [-0.1, -0.05) is 17.7 Å². The minimum absolute atomic E-state index is 0.0526. The van der Waals surface area contributed by atoms with Gasteiger partial charge >= 0.3 is 0 Å². The fraction of sp³-hybridized carbons (Fsp3) is 0.348. The van der Waals surface area contributed by atoms with Crippen LogP contribution in [0.4, 0.5) is 5.69 Å². The first kappa shape index (κ1) is 22.8. The van der Waals surface area contributed by atoms with E-state index in [-0.39, 0.29) is 17.7 Å². The Kier molecular flexibility index (Phi) is 7.65. The zero-order valence-electron chi connectivity index (χ0n) is 17.8. The van der Waals surface area contributed by atoms with E-state index in [0.717, 1.165) is 36.1 Å². The topological polar surface area (TPSA) is 113 Å². The lowest BCUT2D eigenvalue weighted by Gasteiger charge is -2.16. The Hall–Kier alpha value is -2.90. The number of nitrogens with one attached hydrogen (secondary N) is 3. The van der Waals surface area contributed by atoms with Crippen molar-refractivity contribution >= 4 is 28.9 Å². The van der Waals surface area contributed by atoms with Crippen molar-refractivity contribution < 1.29 is 9.53 Å². The van der Waals surface area contributed by atoms with Gasteiger partial charge < -0.3 is 21.1 Å². The molecule has 164 valence electrons. The number of benzene rings is 1. The standard InChI is InChI=1S/C23H28ClN5O2/c1-14-16(10-15-5-6-20(28-12-15)19(25)7-8-27-2)11-18(22(26)21(14)24)23(30)29-13-17-4-3-9-31-17/h5-8,11-12,17,25,27H,3-4,9-10,13,26H2,1-2H3,(H,29,30)/b8-7-,25-19?. The van der Waals surface area contributed by atoms with Crippen LogP contribution >= 0.6 is 11.6 Å². The van der Waals surface area contributed by atoms with Gasteiger partial charge in [0.2, 0.25) is 0 Å². The van der Waals surface area contributed by atoms with Crippen molar-refractivity contribution in [1.82, 2.24) is 15.6 Å². The van der Waals surface area contributed by atoms with E-state index in [0.29, 0.717) is 35.0 Å². The van der Waals surface area contributed by atoms with Crippen molar-refractivity contribution in [3.8, 4) is 0 Å². The average molecular weight is 442 g/mol. The largest absolute Gasteiger partial charge is 0.397 e. The Morgan fingerprint density at radius 2 is 2.26 bits per heavy atom. The molecule has 8 heteroatoms. The molecule has 0 bridgehead atoms. The van der Waals surface area contributed by atoms with Gasteiger partial charge in [-0.2, -0.15) is 0 Å². The first-order chi connectivity index (χ1) is 14.9. The van der Waals surface area contributed by atoms with Gasteiger partial charge in [0, 0.05) is 26.4 Å². The third-order valence-electron chi connectivity index (χ3n) is 5.33. The Labute approximate surface area is 187 Å². The number of anilines is 1. The predicted molar refractivity (Wildman–Crippen MR) is 124 cm³/mol. The maximum absolute atomic E-state index is 12.7. The third-order valence-corrected chi connectivity index (χ3v) is 5.81. The molecule has 0 spiro atoms. The Morgan fingerprint density at radius 3 is 2.90 bits per heavy atom. The van der Waals surface area contributed by atoms with Crippen LogP contribution in [-0.2, 0) is 11.2 Å². The number of ether oxygens (including phenoxy) is 1. The summed E-state index contributed by atoms with van der Waals surface area (Å²) in [5, 5.41) is 14.2. The van der Waals surface area contributed by atoms with Crippen LogP contribution in [-0.4, -0.2) is 42.9 Å². The minimum atomic E-state index is -0.255. The second-order valence-corrected chi connectivity index (χ2v) is 7.92. The van der Waals surface area contributed by atoms with E-state index in [1.807, 2.05) is 13.0 Å². The van der Waals surface area contributed by atoms with E-state index in [9.17, 15) is 4.79 Å². The number of hydrogen-bond acceptors (Lipinski definition) is 6. The minimum Gasteiger partial charge on any atom is -0.397 e. The summed E-state index contributed by atoms with van der Waals surface area (Å²) in [4.78, 5) is 17.1. The molecule has 1 aliphatic heterocycles. The van der Waals surface area contributed by atoms with Gasteiger partial charge in [0.1, 0.15) is 0 Å². The van der Waals surface area contributed by atoms with Crippen molar-refractivity contribution in [2.24, 2.45) is 0 Å². The molecule has 31 heavy (non-hydrogen) atoms. The molecule has 3 rings (SSSR count). The summed E-state index contributed by atoms with van der Waals surface area (Å²) in [5.74, 6) is -0.255. The number of hydrogen-bond donors (Lipinski definition) is 4. The molecule has 1 saturated heterocycles. The van der Waals surface area contributed by atoms with Crippen LogP contribution in [0.5, 0.6) is 0 Å². The van der Waals surface area contributed by atoms with E-state index >= 15 is 0 Å². The number of nitrogens with zero attached hydrogens (tertiary/aromatic N) is 1. The molecule has 0 radical (unpaired) electrons. The highest BCUT2D eigenvalue weighted by Crippen LogP contribution is 2.31. The molecule has 1 atom stereocenters. The number of rotatable bonds is 8. The summed E-state index contributed by atoms with van der Waals surface area (Å²) < 4.78 is 5.56. The Bertz CT molecular complexity index is 982. The summed E-state index contributed by atoms with van der Waals surface area (Å²) >= 11 is 6.45. The number of aromatic nitrogens is 1. The number of amides is 1. The Balaban J connectivity index is 1.77. The van der Waals surface area contributed by atoms with Gasteiger partial charge in [-0.3, -0.25) is 15.2 Å². The van der Waals surface area contributed by atoms with E-state index < -0.39 is 0 Å². The quantitative estimate of drug-likeness (QED) is 0.371. The number of allylic oxidation sites excluding steroid dienone is 1. The number of carbonyl (C=O) groups excluding carboxylic acids is 1. The van der Waals surface area contributed by atoms with Gasteiger partial charge in [-0.05, 0) is 67.3 Å². The molecule has 1 unspecified atom stereocenters. The highest BCUT2D eigenvalue weighted by molar-refractivity contribution is 6.34. The molecular formula is C23H28ClN5O2. The van der Waals surface area contributed by atoms with Crippen LogP contribution in [0, 0.1) is 12.3 Å². The summed E-state index contributed by atoms with van der Waals surface area (Å²) in [6, 6.07) is 5.53. The molecule has 0 saturated carbocycles. The predicted octanol–water partition coefficient (Wildman–Crippen LogP) is 3.23. The van der Waals surface area contributed by atoms with Crippen LogP contribution in [0.2, 0.25) is 5.02 Å². The molecule has 2 heterocycles. The van der Waals surface area contributed by atoms with E-state index in [4.69, 9.17) is 27.5 Å². The van der Waals surface area contributed by atoms with Crippen LogP contribution in [0.1, 0.15) is 45.6 Å². The first-order valence-corrected chi connectivity index (χ1v) is 10.6. The number of halogens is 1. The van der Waals surface area contributed by atoms with E-state index in [2.05, 4.69) is 15.6 Å². The number of pyridine rings is 1. The molecule has 0 aliphatic carbocycles. The number of nitrogens with two attached hydrogens (primary N) is 1. The second kappa shape index (κ2) is 10.4. The molecule has 1 aromatic heterocycles. The smallest absolute Gasteiger partial charge is 0.253 e. The van der Waals surface area contributed by atoms with Crippen molar-refractivity contribution in [2.45, 2.75) is 32.3 Å². The molecule has 1 fully saturated rings. The number of nitrogen functional groups attached to an aromatic ring is 1. The second-order valence-electron chi connectivity index (χ2n) is 7.55. The van der Waals surface area contributed by atoms with Crippen LogP contribution < -0.4 is 16.4 Å². The number of carbonyl (C=O) groups is 1. The fourth-order valence-electron chi connectivity index (χ4n) is 3.46. The van der Waals surface area contributed by atoms with Crippen molar-refractivity contribution in [3.05, 3.63) is 69.6 Å². The lowest BCUT2D eigenvalue weighted by Crippen LogP contribution is -2.32. The zero-order valence-corrected chi connectivity index (χ0v) is 18.6. The van der Waals surface area contributed by atoms with E-state index in [1.54, 1.807) is 37.7 Å². The molecule has 7 nitrogen and oxygen atoms in total. The summed E-state index contributed by atoms with van der Waals surface area (Å²) in [5.41, 5.74) is 10.4. The van der Waals surface area contributed by atoms with Crippen LogP contribution in [0.15, 0.2) is 36.7 Å². The van der Waals surface area contributed by atoms with Gasteiger partial charge in [0.05, 0.1) is 33.8 Å². The molecule has 1 aliphatic rings. The van der Waals surface area contributed by atoms with Gasteiger partial charge in [-0.15, -0.1) is 0 Å². The molecule has 2 aromatic rings. The highest BCUT2D eigenvalue weighted by Gasteiger charge is 2.20. The maximum Gasteiger partial charge on any atom is 0.253 e. The van der Waals surface area contributed by atoms with Crippen LogP contribution in [0.3, 0.4) is 0 Å². The van der Waals surface area contributed by atoms with Gasteiger partial charge in [0.15, 0.2) is 0 Å². The molecule has 1 amide bonds. The molecular weight excluding hydrogens is 414 g/mol. The van der Waals surface area contributed by atoms with E-state index in [1.165, 1.54) is 0 Å². The Morgan fingerprint density at radius 1 is 1.45 bits per heavy atom. The molecule has 1 aromatic carbocycles. The average Bonchev–Trinajstić information content (AvgIpc) is 3.30. The summed E-state index contributed by atoms with van der Waals surface area (Å²) in [6.45, 7) is 3.09. The first-order valence-electron chi connectivity index (χ1n) is 10.3. The summed E-state index contributed by atoms with van der Waals surface area (Å²) in [6.07, 6.45) is 7.62. The lowest BCUT2D eigenvalue weighted by atomic mass is 9.97. The molecule has 5 N–H and O–H groups in total. The van der Waals surface area contributed by atoms with Crippen LogP contribution in [0.25, 0.3) is 0 Å². The summed E-state index contributed by atoms with van der Waals surface area (Å²) in [7, 11) is 1.78. The normalized spacial score (nSPS) is 15.9. The zero-order chi connectivity index (χ0) is 22.4. The lowest BCUT2D eigenvalue weighted by molar-refractivity contribution is 0.0858. The maximum atomic E-state index is 12.7. The van der Waals surface area contributed by atoms with Crippen molar-refractivity contribution in [1.29, 1.82) is 5.41 Å². The van der Waals surface area contributed by atoms with Crippen molar-refractivity contribution in [3.63, 3.8) is 0 Å². The fourth-order valence-corrected chi connectivity index (χ4v) is 3.68. The van der Waals surface area contributed by atoms with Crippen molar-refractivity contribution in [2.75, 3.05) is 25.9 Å². The third kappa shape index (κ3) is 5.62. The SMILES string of the molecule is CN/C=C\C(=N)c1ccc(Cc2cc(C(=O)NCC3CCCO3)c(N)c(Cl)c2C)cn1. The highest BCUT2D eigenvalue weighted by atomic mass is 35.5.